The van der Waals surface area contributed by atoms with Crippen molar-refractivity contribution in [2.45, 2.75) is 13.5 Å². The van der Waals surface area contributed by atoms with Crippen molar-refractivity contribution in [3.05, 3.63) is 36.8 Å². The molecule has 1 aromatic heterocycles. The predicted molar refractivity (Wildman–Crippen MR) is 70.8 cm³/mol. The average molecular weight is 260 g/mol. The molecule has 100 valence electrons. The van der Waals surface area contributed by atoms with Crippen LogP contribution in [0.5, 0.6) is 5.75 Å². The van der Waals surface area contributed by atoms with E-state index in [0.717, 1.165) is 17.0 Å². The van der Waals surface area contributed by atoms with Gasteiger partial charge in [-0.3, -0.25) is 4.79 Å². The molecule has 0 saturated carbocycles. The predicted octanol–water partition coefficient (Wildman–Crippen LogP) is 2.12. The Hall–Kier alpha value is -2.30. The third-order valence-corrected chi connectivity index (χ3v) is 2.68. The molecule has 0 radical (unpaired) electrons. The first-order chi connectivity index (χ1) is 9.24. The summed E-state index contributed by atoms with van der Waals surface area (Å²) in [6.45, 7) is 2.32. The molecule has 1 heterocycles. The fourth-order valence-corrected chi connectivity index (χ4v) is 1.82. The molecule has 19 heavy (non-hydrogen) atoms. The number of methoxy groups -OCH3 is 1. The van der Waals surface area contributed by atoms with Crippen LogP contribution in [-0.4, -0.2) is 29.2 Å². The Morgan fingerprint density at radius 3 is 3.00 bits per heavy atom. The largest absolute Gasteiger partial charge is 0.497 e. The topological polar surface area (TPSA) is 53.4 Å². The highest BCUT2D eigenvalue weighted by Crippen LogP contribution is 2.23. The summed E-state index contributed by atoms with van der Waals surface area (Å²) in [4.78, 5) is 15.6. The number of benzene rings is 1. The van der Waals surface area contributed by atoms with E-state index in [-0.39, 0.29) is 12.5 Å². The summed E-state index contributed by atoms with van der Waals surface area (Å²) in [5, 5.41) is 0. The SMILES string of the molecule is CCOC(=O)Cn1cncc1-c1cccc(OC)c1. The van der Waals surface area contributed by atoms with Crippen LogP contribution < -0.4 is 4.74 Å². The maximum atomic E-state index is 11.5. The summed E-state index contributed by atoms with van der Waals surface area (Å²) < 4.78 is 11.9. The molecule has 2 rings (SSSR count). The lowest BCUT2D eigenvalue weighted by Crippen LogP contribution is -2.13. The van der Waals surface area contributed by atoms with Gasteiger partial charge in [0.2, 0.25) is 0 Å². The van der Waals surface area contributed by atoms with Crippen LogP contribution in [0.1, 0.15) is 6.92 Å². The molecule has 1 aromatic carbocycles. The van der Waals surface area contributed by atoms with Gasteiger partial charge in [0, 0.05) is 5.56 Å². The molecule has 0 bridgehead atoms. The number of esters is 1. The van der Waals surface area contributed by atoms with Crippen molar-refractivity contribution in [2.24, 2.45) is 0 Å². The lowest BCUT2D eigenvalue weighted by atomic mass is 10.1. The summed E-state index contributed by atoms with van der Waals surface area (Å²) in [5.74, 6) is 0.492. The second-order valence-electron chi connectivity index (χ2n) is 3.94. The van der Waals surface area contributed by atoms with E-state index in [4.69, 9.17) is 9.47 Å². The van der Waals surface area contributed by atoms with Gasteiger partial charge in [-0.2, -0.15) is 0 Å². The zero-order valence-electron chi connectivity index (χ0n) is 11.0. The second kappa shape index (κ2) is 6.04. The maximum absolute atomic E-state index is 11.5. The number of aromatic nitrogens is 2. The number of rotatable bonds is 5. The summed E-state index contributed by atoms with van der Waals surface area (Å²) in [6.07, 6.45) is 3.33. The first-order valence-corrected chi connectivity index (χ1v) is 6.04. The van der Waals surface area contributed by atoms with Crippen LogP contribution in [0, 0.1) is 0 Å². The van der Waals surface area contributed by atoms with E-state index in [1.807, 2.05) is 24.3 Å². The Morgan fingerprint density at radius 2 is 2.26 bits per heavy atom. The number of carbonyl (C=O) groups is 1. The number of hydrogen-bond donors (Lipinski definition) is 0. The summed E-state index contributed by atoms with van der Waals surface area (Å²) in [7, 11) is 1.62. The lowest BCUT2D eigenvalue weighted by Gasteiger charge is -2.08. The smallest absolute Gasteiger partial charge is 0.325 e. The summed E-state index contributed by atoms with van der Waals surface area (Å²) in [5.41, 5.74) is 1.80. The fourth-order valence-electron chi connectivity index (χ4n) is 1.82. The molecule has 5 nitrogen and oxygen atoms in total. The third-order valence-electron chi connectivity index (χ3n) is 2.68. The van der Waals surface area contributed by atoms with Crippen molar-refractivity contribution in [1.29, 1.82) is 0 Å². The fraction of sp³-hybridized carbons (Fsp3) is 0.286. The van der Waals surface area contributed by atoms with Crippen LogP contribution in [-0.2, 0) is 16.1 Å². The minimum Gasteiger partial charge on any atom is -0.497 e. The van der Waals surface area contributed by atoms with Crippen LogP contribution in [0.25, 0.3) is 11.3 Å². The Labute approximate surface area is 111 Å². The zero-order valence-corrected chi connectivity index (χ0v) is 11.0. The molecule has 0 spiro atoms. The van der Waals surface area contributed by atoms with Crippen molar-refractivity contribution >= 4 is 5.97 Å². The minimum absolute atomic E-state index is 0.153. The van der Waals surface area contributed by atoms with Gasteiger partial charge in [0.1, 0.15) is 12.3 Å². The highest BCUT2D eigenvalue weighted by molar-refractivity contribution is 5.71. The van der Waals surface area contributed by atoms with Crippen molar-refractivity contribution in [1.82, 2.24) is 9.55 Å². The molecule has 0 aliphatic rings. The molecule has 0 saturated heterocycles. The second-order valence-corrected chi connectivity index (χ2v) is 3.94. The molecule has 2 aromatic rings. The van der Waals surface area contributed by atoms with E-state index in [9.17, 15) is 4.79 Å². The standard InChI is InChI=1S/C14H16N2O3/c1-3-19-14(17)9-16-10-15-8-13(16)11-5-4-6-12(7-11)18-2/h4-8,10H,3,9H2,1-2H3. The van der Waals surface area contributed by atoms with Gasteiger partial charge in [-0.15, -0.1) is 0 Å². The molecule has 0 fully saturated rings. The normalized spacial score (nSPS) is 10.2. The Bertz CT molecular complexity index is 563. The summed E-state index contributed by atoms with van der Waals surface area (Å²) >= 11 is 0. The average Bonchev–Trinajstić information content (AvgIpc) is 2.87. The van der Waals surface area contributed by atoms with Gasteiger partial charge >= 0.3 is 5.97 Å². The van der Waals surface area contributed by atoms with Gasteiger partial charge in [0.15, 0.2) is 0 Å². The van der Waals surface area contributed by atoms with Crippen LogP contribution in [0.15, 0.2) is 36.8 Å². The van der Waals surface area contributed by atoms with Crippen LogP contribution >= 0.6 is 0 Å². The van der Waals surface area contributed by atoms with Crippen LogP contribution in [0.2, 0.25) is 0 Å². The quantitative estimate of drug-likeness (QED) is 0.773. The maximum Gasteiger partial charge on any atom is 0.325 e. The molecular formula is C14H16N2O3. The number of hydrogen-bond acceptors (Lipinski definition) is 4. The molecule has 0 aliphatic heterocycles. The zero-order chi connectivity index (χ0) is 13.7. The molecular weight excluding hydrogens is 244 g/mol. The van der Waals surface area contributed by atoms with Crippen molar-refractivity contribution in [2.75, 3.05) is 13.7 Å². The van der Waals surface area contributed by atoms with Gasteiger partial charge < -0.3 is 14.0 Å². The van der Waals surface area contributed by atoms with Gasteiger partial charge in [0.25, 0.3) is 0 Å². The van der Waals surface area contributed by atoms with Gasteiger partial charge in [-0.05, 0) is 19.1 Å². The van der Waals surface area contributed by atoms with Crippen LogP contribution in [0.4, 0.5) is 0 Å². The summed E-state index contributed by atoms with van der Waals surface area (Å²) in [6, 6.07) is 7.62. The minimum atomic E-state index is -0.273. The molecule has 0 aliphatic carbocycles. The molecule has 5 heteroatoms. The van der Waals surface area contributed by atoms with E-state index < -0.39 is 0 Å². The Kier molecular flexibility index (Phi) is 4.18. The molecule has 0 N–H and O–H groups in total. The molecule has 0 atom stereocenters. The van der Waals surface area contributed by atoms with E-state index in [1.165, 1.54) is 0 Å². The monoisotopic (exact) mass is 260 g/mol. The van der Waals surface area contributed by atoms with Gasteiger partial charge in [-0.25, -0.2) is 4.98 Å². The number of ether oxygens (including phenoxy) is 2. The van der Waals surface area contributed by atoms with Gasteiger partial charge in [-0.1, -0.05) is 12.1 Å². The highest BCUT2D eigenvalue weighted by atomic mass is 16.5. The first kappa shape index (κ1) is 13.1. The van der Waals surface area contributed by atoms with Crippen LogP contribution in [0.3, 0.4) is 0 Å². The Balaban J connectivity index is 2.25. The van der Waals surface area contributed by atoms with Gasteiger partial charge in [0.05, 0.1) is 31.9 Å². The van der Waals surface area contributed by atoms with E-state index in [0.29, 0.717) is 6.61 Å². The van der Waals surface area contributed by atoms with Crippen molar-refractivity contribution in [3.8, 4) is 17.0 Å². The number of carbonyl (C=O) groups excluding carboxylic acids is 1. The third kappa shape index (κ3) is 3.13. The molecule has 0 unspecified atom stereocenters. The van der Waals surface area contributed by atoms with E-state index in [1.54, 1.807) is 31.1 Å². The number of imidazole rings is 1. The molecule has 0 amide bonds. The highest BCUT2D eigenvalue weighted by Gasteiger charge is 2.10. The number of nitrogens with zero attached hydrogens (tertiary/aromatic N) is 2. The lowest BCUT2D eigenvalue weighted by molar-refractivity contribution is -0.143. The van der Waals surface area contributed by atoms with E-state index >= 15 is 0 Å². The Morgan fingerprint density at radius 1 is 1.42 bits per heavy atom. The van der Waals surface area contributed by atoms with Crippen molar-refractivity contribution < 1.29 is 14.3 Å². The first-order valence-electron chi connectivity index (χ1n) is 6.04. The van der Waals surface area contributed by atoms with Crippen molar-refractivity contribution in [3.63, 3.8) is 0 Å². The van der Waals surface area contributed by atoms with E-state index in [2.05, 4.69) is 4.98 Å².